The first-order valence-electron chi connectivity index (χ1n) is 5.12. The molecule has 1 aromatic rings. The second-order valence-electron chi connectivity index (χ2n) is 3.91. The third-order valence-corrected chi connectivity index (χ3v) is 4.43. The Hall–Kier alpha value is -0.810. The highest BCUT2D eigenvalue weighted by molar-refractivity contribution is 7.91. The summed E-state index contributed by atoms with van der Waals surface area (Å²) in [5.41, 5.74) is 0. The summed E-state index contributed by atoms with van der Waals surface area (Å²) in [7, 11) is -2.82. The van der Waals surface area contributed by atoms with Gasteiger partial charge < -0.3 is 9.73 Å². The summed E-state index contributed by atoms with van der Waals surface area (Å²) >= 11 is 0. The summed E-state index contributed by atoms with van der Waals surface area (Å²) in [6.45, 7) is 0.604. The zero-order valence-corrected chi connectivity index (χ0v) is 9.29. The van der Waals surface area contributed by atoms with Crippen molar-refractivity contribution in [2.24, 2.45) is 0 Å². The van der Waals surface area contributed by atoms with Crippen LogP contribution in [0.3, 0.4) is 0 Å². The molecule has 2 rings (SSSR count). The van der Waals surface area contributed by atoms with Gasteiger partial charge in [0.25, 0.3) is 0 Å². The van der Waals surface area contributed by atoms with Gasteiger partial charge in [-0.2, -0.15) is 0 Å². The Morgan fingerprint density at radius 2 is 2.40 bits per heavy atom. The van der Waals surface area contributed by atoms with E-state index in [1.54, 1.807) is 6.26 Å². The molecule has 0 amide bonds. The lowest BCUT2D eigenvalue weighted by Gasteiger charge is -2.22. The van der Waals surface area contributed by atoms with Gasteiger partial charge in [-0.05, 0) is 25.0 Å². The van der Waals surface area contributed by atoms with Gasteiger partial charge >= 0.3 is 0 Å². The van der Waals surface area contributed by atoms with Crippen LogP contribution in [-0.2, 0) is 16.4 Å². The van der Waals surface area contributed by atoms with Crippen molar-refractivity contribution in [3.05, 3.63) is 24.2 Å². The molecule has 5 heteroatoms. The lowest BCUT2D eigenvalue weighted by atomic mass is 10.2. The third-order valence-electron chi connectivity index (χ3n) is 2.61. The van der Waals surface area contributed by atoms with E-state index < -0.39 is 9.84 Å². The maximum Gasteiger partial charge on any atom is 0.151 e. The Bertz CT molecular complexity index is 396. The molecule has 0 spiro atoms. The van der Waals surface area contributed by atoms with Crippen LogP contribution in [0, 0.1) is 0 Å². The first-order chi connectivity index (χ1) is 7.16. The van der Waals surface area contributed by atoms with Gasteiger partial charge in [0.2, 0.25) is 0 Å². The predicted octanol–water partition coefficient (Wildman–Crippen LogP) is 0.946. The first-order valence-corrected chi connectivity index (χ1v) is 6.94. The van der Waals surface area contributed by atoms with Crippen molar-refractivity contribution in [1.29, 1.82) is 0 Å². The number of hydrogen-bond donors (Lipinski definition) is 1. The van der Waals surface area contributed by atoms with E-state index in [0.29, 0.717) is 12.3 Å². The molecule has 0 radical (unpaired) electrons. The third kappa shape index (κ3) is 3.07. The van der Waals surface area contributed by atoms with E-state index in [4.69, 9.17) is 4.42 Å². The zero-order chi connectivity index (χ0) is 10.7. The molecule has 1 aliphatic rings. The van der Waals surface area contributed by atoms with E-state index in [9.17, 15) is 8.42 Å². The average Bonchev–Trinajstić information content (AvgIpc) is 2.65. The minimum atomic E-state index is -2.82. The monoisotopic (exact) mass is 229 g/mol. The van der Waals surface area contributed by atoms with Crippen LogP contribution in [0.4, 0.5) is 0 Å². The number of hydrogen-bond acceptors (Lipinski definition) is 4. The number of furan rings is 1. The normalized spacial score (nSPS) is 25.2. The van der Waals surface area contributed by atoms with Gasteiger partial charge in [-0.15, -0.1) is 0 Å². The highest BCUT2D eigenvalue weighted by Gasteiger charge is 2.24. The highest BCUT2D eigenvalue weighted by Crippen LogP contribution is 2.12. The van der Waals surface area contributed by atoms with E-state index >= 15 is 0 Å². The Balaban J connectivity index is 1.85. The van der Waals surface area contributed by atoms with E-state index in [1.165, 1.54) is 0 Å². The highest BCUT2D eigenvalue weighted by atomic mass is 32.2. The summed E-state index contributed by atoms with van der Waals surface area (Å²) in [5, 5.41) is 3.21. The molecule has 84 valence electrons. The van der Waals surface area contributed by atoms with Crippen molar-refractivity contribution in [2.75, 3.05) is 11.5 Å². The number of rotatable bonds is 3. The van der Waals surface area contributed by atoms with Crippen molar-refractivity contribution in [1.82, 2.24) is 5.32 Å². The lowest BCUT2D eigenvalue weighted by molar-refractivity contribution is 0.432. The molecule has 0 aliphatic carbocycles. The molecular formula is C10H15NO3S. The Labute approximate surface area is 89.6 Å². The zero-order valence-electron chi connectivity index (χ0n) is 8.48. The first kappa shape index (κ1) is 10.7. The van der Waals surface area contributed by atoms with Crippen molar-refractivity contribution in [2.45, 2.75) is 25.4 Å². The summed E-state index contributed by atoms with van der Waals surface area (Å²) < 4.78 is 27.9. The topological polar surface area (TPSA) is 59.3 Å². The fourth-order valence-corrected chi connectivity index (χ4v) is 3.51. The van der Waals surface area contributed by atoms with Gasteiger partial charge in [-0.1, -0.05) is 0 Å². The Morgan fingerprint density at radius 3 is 3.07 bits per heavy atom. The molecular weight excluding hydrogens is 214 g/mol. The maximum absolute atomic E-state index is 11.4. The number of sulfone groups is 1. The van der Waals surface area contributed by atoms with Gasteiger partial charge in [0.15, 0.2) is 9.84 Å². The largest absolute Gasteiger partial charge is 0.468 e. The molecule has 1 saturated heterocycles. The SMILES string of the molecule is O=S1(=O)CCCC(NCc2ccco2)C1. The number of nitrogens with one attached hydrogen (secondary N) is 1. The van der Waals surface area contributed by atoms with Gasteiger partial charge in [-0.3, -0.25) is 0 Å². The second-order valence-corrected chi connectivity index (χ2v) is 6.14. The van der Waals surface area contributed by atoms with E-state index in [2.05, 4.69) is 5.32 Å². The molecule has 1 unspecified atom stereocenters. The molecule has 0 saturated carbocycles. The maximum atomic E-state index is 11.4. The minimum absolute atomic E-state index is 0.0776. The Morgan fingerprint density at radius 1 is 1.53 bits per heavy atom. The van der Waals surface area contributed by atoms with Crippen LogP contribution >= 0.6 is 0 Å². The standard InChI is InChI=1S/C10H15NO3S/c12-15(13)6-2-3-9(8-15)11-7-10-4-1-5-14-10/h1,4-5,9,11H,2-3,6-8H2. The molecule has 1 fully saturated rings. The average molecular weight is 229 g/mol. The van der Waals surface area contributed by atoms with Crippen LogP contribution in [0.5, 0.6) is 0 Å². The van der Waals surface area contributed by atoms with Crippen molar-refractivity contribution in [3.63, 3.8) is 0 Å². The van der Waals surface area contributed by atoms with Crippen LogP contribution in [0.15, 0.2) is 22.8 Å². The fraction of sp³-hybridized carbons (Fsp3) is 0.600. The minimum Gasteiger partial charge on any atom is -0.468 e. The quantitative estimate of drug-likeness (QED) is 0.838. The van der Waals surface area contributed by atoms with Gasteiger partial charge in [0.05, 0.1) is 24.3 Å². The van der Waals surface area contributed by atoms with Crippen LogP contribution in [0.2, 0.25) is 0 Å². The molecule has 1 aromatic heterocycles. The van der Waals surface area contributed by atoms with Crippen molar-refractivity contribution in [3.8, 4) is 0 Å². The van der Waals surface area contributed by atoms with Crippen molar-refractivity contribution >= 4 is 9.84 Å². The molecule has 1 N–H and O–H groups in total. The van der Waals surface area contributed by atoms with Crippen LogP contribution in [-0.4, -0.2) is 26.0 Å². The molecule has 2 heterocycles. The van der Waals surface area contributed by atoms with E-state index in [-0.39, 0.29) is 11.8 Å². The van der Waals surface area contributed by atoms with Gasteiger partial charge in [-0.25, -0.2) is 8.42 Å². The second kappa shape index (κ2) is 4.37. The summed E-state index contributed by atoms with van der Waals surface area (Å²) in [4.78, 5) is 0. The van der Waals surface area contributed by atoms with Gasteiger partial charge in [0, 0.05) is 6.04 Å². The van der Waals surface area contributed by atoms with Crippen LogP contribution < -0.4 is 5.32 Å². The smallest absolute Gasteiger partial charge is 0.151 e. The Kier molecular flexibility index (Phi) is 3.11. The summed E-state index contributed by atoms with van der Waals surface area (Å²) in [5.74, 6) is 1.44. The van der Waals surface area contributed by atoms with Crippen LogP contribution in [0.1, 0.15) is 18.6 Å². The fourth-order valence-electron chi connectivity index (χ4n) is 1.84. The lowest BCUT2D eigenvalue weighted by Crippen LogP contribution is -2.39. The summed E-state index contributed by atoms with van der Waals surface area (Å²) in [6, 6.07) is 3.78. The van der Waals surface area contributed by atoms with E-state index in [1.807, 2.05) is 12.1 Å². The predicted molar refractivity (Wildman–Crippen MR) is 57.2 cm³/mol. The van der Waals surface area contributed by atoms with Crippen LogP contribution in [0.25, 0.3) is 0 Å². The molecule has 0 bridgehead atoms. The van der Waals surface area contributed by atoms with Gasteiger partial charge in [0.1, 0.15) is 5.76 Å². The molecule has 1 aliphatic heterocycles. The summed E-state index contributed by atoms with van der Waals surface area (Å²) in [6.07, 6.45) is 3.31. The van der Waals surface area contributed by atoms with E-state index in [0.717, 1.165) is 18.6 Å². The molecule has 4 nitrogen and oxygen atoms in total. The molecule has 0 aromatic carbocycles. The molecule has 15 heavy (non-hydrogen) atoms. The van der Waals surface area contributed by atoms with Crippen molar-refractivity contribution < 1.29 is 12.8 Å². The molecule has 1 atom stereocenters.